The molecule has 0 saturated heterocycles. The van der Waals surface area contributed by atoms with E-state index in [-0.39, 0.29) is 0 Å². The minimum Gasteiger partial charge on any atom is -0.384 e. The molecular weight excluding hydrogens is 332 g/mol. The first-order valence-electron chi connectivity index (χ1n) is 9.37. The van der Waals surface area contributed by atoms with E-state index in [1.54, 1.807) is 0 Å². The second-order valence-electron chi connectivity index (χ2n) is 7.11. The fourth-order valence-electron chi connectivity index (χ4n) is 3.22. The summed E-state index contributed by atoms with van der Waals surface area (Å²) in [6.45, 7) is 5.29. The maximum absolute atomic E-state index is 4.31. The van der Waals surface area contributed by atoms with Crippen LogP contribution in [-0.2, 0) is 6.42 Å². The van der Waals surface area contributed by atoms with E-state index >= 15 is 0 Å². The van der Waals surface area contributed by atoms with Crippen LogP contribution < -0.4 is 5.32 Å². The highest BCUT2D eigenvalue weighted by Gasteiger charge is 2.07. The number of anilines is 1. The zero-order chi connectivity index (χ0) is 18.6. The van der Waals surface area contributed by atoms with Crippen molar-refractivity contribution >= 4 is 11.3 Å². The molecule has 1 unspecified atom stereocenters. The van der Waals surface area contributed by atoms with E-state index < -0.39 is 0 Å². The van der Waals surface area contributed by atoms with Crippen molar-refractivity contribution in [2.45, 2.75) is 26.2 Å². The molecular formula is C23H24N4. The fraction of sp³-hybridized carbons (Fsp3) is 0.217. The van der Waals surface area contributed by atoms with Gasteiger partial charge in [-0.25, -0.2) is 0 Å². The average Bonchev–Trinajstić information content (AvgIpc) is 3.11. The molecule has 2 aromatic heterocycles. The van der Waals surface area contributed by atoms with Gasteiger partial charge in [0.15, 0.2) is 5.65 Å². The number of rotatable bonds is 6. The van der Waals surface area contributed by atoms with Crippen molar-refractivity contribution in [3.8, 4) is 0 Å². The van der Waals surface area contributed by atoms with Crippen LogP contribution in [0, 0.1) is 6.92 Å². The van der Waals surface area contributed by atoms with E-state index in [0.717, 1.165) is 30.1 Å². The smallest absolute Gasteiger partial charge is 0.160 e. The van der Waals surface area contributed by atoms with Gasteiger partial charge in [-0.2, -0.15) is 0 Å². The molecule has 4 rings (SSSR count). The lowest BCUT2D eigenvalue weighted by molar-refractivity contribution is 0.804. The highest BCUT2D eigenvalue weighted by molar-refractivity contribution is 5.46. The summed E-state index contributed by atoms with van der Waals surface area (Å²) in [5, 5.41) is 12.1. The Morgan fingerprint density at radius 2 is 1.70 bits per heavy atom. The maximum atomic E-state index is 4.31. The van der Waals surface area contributed by atoms with Gasteiger partial charge in [-0.15, -0.1) is 10.2 Å². The molecule has 0 aliphatic carbocycles. The minimum absolute atomic E-state index is 0.465. The second kappa shape index (κ2) is 7.62. The number of nitrogens with one attached hydrogen (secondary N) is 1. The van der Waals surface area contributed by atoms with Gasteiger partial charge < -0.3 is 5.32 Å². The van der Waals surface area contributed by atoms with Crippen molar-refractivity contribution in [1.29, 1.82) is 0 Å². The molecule has 2 heterocycles. The second-order valence-corrected chi connectivity index (χ2v) is 7.11. The summed E-state index contributed by atoms with van der Waals surface area (Å²) in [6, 6.07) is 23.3. The van der Waals surface area contributed by atoms with Crippen LogP contribution in [0.15, 0.2) is 72.9 Å². The first-order valence-corrected chi connectivity index (χ1v) is 9.37. The number of aryl methyl sites for hydroxylation is 1. The lowest BCUT2D eigenvalue weighted by Crippen LogP contribution is -2.09. The summed E-state index contributed by atoms with van der Waals surface area (Å²) in [5.41, 5.74) is 5.92. The Bertz CT molecular complexity index is 1020. The van der Waals surface area contributed by atoms with Crippen LogP contribution in [0.4, 0.5) is 5.69 Å². The Hall–Kier alpha value is -3.14. The summed E-state index contributed by atoms with van der Waals surface area (Å²) >= 11 is 0. The number of hydrogen-bond donors (Lipinski definition) is 1. The predicted octanol–water partition coefficient (Wildman–Crippen LogP) is 4.84. The van der Waals surface area contributed by atoms with Crippen molar-refractivity contribution in [3.63, 3.8) is 0 Å². The molecule has 1 atom stereocenters. The van der Waals surface area contributed by atoms with Gasteiger partial charge in [0.1, 0.15) is 5.82 Å². The number of hydrogen-bond acceptors (Lipinski definition) is 3. The molecule has 136 valence electrons. The van der Waals surface area contributed by atoms with Crippen LogP contribution in [0.1, 0.15) is 35.4 Å². The van der Waals surface area contributed by atoms with Gasteiger partial charge >= 0.3 is 0 Å². The van der Waals surface area contributed by atoms with E-state index in [1.807, 2.05) is 28.8 Å². The Morgan fingerprint density at radius 1 is 0.926 bits per heavy atom. The van der Waals surface area contributed by atoms with Gasteiger partial charge in [0.05, 0.1) is 0 Å². The molecule has 4 heteroatoms. The molecule has 0 saturated carbocycles. The maximum Gasteiger partial charge on any atom is 0.160 e. The average molecular weight is 356 g/mol. The van der Waals surface area contributed by atoms with Gasteiger partial charge in [-0.3, -0.25) is 4.40 Å². The van der Waals surface area contributed by atoms with Crippen molar-refractivity contribution in [3.05, 3.63) is 95.4 Å². The zero-order valence-corrected chi connectivity index (χ0v) is 15.8. The summed E-state index contributed by atoms with van der Waals surface area (Å²) in [4.78, 5) is 0. The van der Waals surface area contributed by atoms with E-state index in [2.05, 4.69) is 77.9 Å². The zero-order valence-electron chi connectivity index (χ0n) is 15.8. The molecule has 27 heavy (non-hydrogen) atoms. The molecule has 0 fully saturated rings. The van der Waals surface area contributed by atoms with Crippen LogP contribution in [0.2, 0.25) is 0 Å². The molecule has 1 N–H and O–H groups in total. The largest absolute Gasteiger partial charge is 0.384 e. The molecule has 0 radical (unpaired) electrons. The van der Waals surface area contributed by atoms with Crippen LogP contribution in [-0.4, -0.2) is 21.1 Å². The van der Waals surface area contributed by atoms with Gasteiger partial charge in [0, 0.05) is 24.8 Å². The summed E-state index contributed by atoms with van der Waals surface area (Å²) in [6.07, 6.45) is 2.78. The number of nitrogens with zero attached hydrogens (tertiary/aromatic N) is 3. The molecule has 0 aliphatic heterocycles. The Labute approximate surface area is 159 Å². The Morgan fingerprint density at radius 3 is 2.48 bits per heavy atom. The molecule has 0 amide bonds. The topological polar surface area (TPSA) is 42.2 Å². The molecule has 0 bridgehead atoms. The minimum atomic E-state index is 0.465. The fourth-order valence-corrected chi connectivity index (χ4v) is 3.22. The van der Waals surface area contributed by atoms with E-state index in [1.165, 1.54) is 16.7 Å². The third kappa shape index (κ3) is 4.00. The first kappa shape index (κ1) is 17.3. The van der Waals surface area contributed by atoms with Crippen LogP contribution in [0.5, 0.6) is 0 Å². The molecule has 4 aromatic rings. The van der Waals surface area contributed by atoms with Crippen LogP contribution in [0.3, 0.4) is 0 Å². The number of fused-ring (bicyclic) bond motifs is 1. The lowest BCUT2D eigenvalue weighted by Gasteiger charge is -2.14. The van der Waals surface area contributed by atoms with Crippen molar-refractivity contribution in [2.75, 3.05) is 11.9 Å². The SMILES string of the molecule is Cc1ccc(C(C)CNc2ccc(Cc3nnc4ccccn34)cc2)cc1. The highest BCUT2D eigenvalue weighted by Crippen LogP contribution is 2.18. The standard InChI is InChI=1S/C23H24N4/c1-17-6-10-20(11-7-17)18(2)16-24-21-12-8-19(9-13-21)15-23-26-25-22-5-3-4-14-27(22)23/h3-14,18,24H,15-16H2,1-2H3. The van der Waals surface area contributed by atoms with Gasteiger partial charge in [0.2, 0.25) is 0 Å². The van der Waals surface area contributed by atoms with Crippen molar-refractivity contribution in [2.24, 2.45) is 0 Å². The molecule has 2 aromatic carbocycles. The van der Waals surface area contributed by atoms with Gasteiger partial charge in [0.25, 0.3) is 0 Å². The number of benzene rings is 2. The third-order valence-corrected chi connectivity index (χ3v) is 4.96. The molecule has 0 spiro atoms. The summed E-state index contributed by atoms with van der Waals surface area (Å²) in [7, 11) is 0. The predicted molar refractivity (Wildman–Crippen MR) is 110 cm³/mol. The van der Waals surface area contributed by atoms with Gasteiger partial charge in [-0.1, -0.05) is 55.0 Å². The monoisotopic (exact) mass is 356 g/mol. The molecule has 0 aliphatic rings. The van der Waals surface area contributed by atoms with Crippen LogP contribution >= 0.6 is 0 Å². The normalized spacial score (nSPS) is 12.2. The quantitative estimate of drug-likeness (QED) is 0.537. The van der Waals surface area contributed by atoms with Gasteiger partial charge in [-0.05, 0) is 48.2 Å². The first-order chi connectivity index (χ1) is 13.2. The number of pyridine rings is 1. The van der Waals surface area contributed by atoms with E-state index in [0.29, 0.717) is 5.92 Å². The molecule has 4 nitrogen and oxygen atoms in total. The summed E-state index contributed by atoms with van der Waals surface area (Å²) < 4.78 is 2.04. The number of aromatic nitrogens is 3. The van der Waals surface area contributed by atoms with E-state index in [9.17, 15) is 0 Å². The van der Waals surface area contributed by atoms with Crippen LogP contribution in [0.25, 0.3) is 5.65 Å². The summed E-state index contributed by atoms with van der Waals surface area (Å²) in [5.74, 6) is 1.42. The Kier molecular flexibility index (Phi) is 4.88. The lowest BCUT2D eigenvalue weighted by atomic mass is 10.00. The highest BCUT2D eigenvalue weighted by atomic mass is 15.2. The van der Waals surface area contributed by atoms with Crippen molar-refractivity contribution in [1.82, 2.24) is 14.6 Å². The van der Waals surface area contributed by atoms with E-state index in [4.69, 9.17) is 0 Å². The Balaban J connectivity index is 1.38. The third-order valence-electron chi connectivity index (χ3n) is 4.96. The van der Waals surface area contributed by atoms with Crippen molar-refractivity contribution < 1.29 is 0 Å².